The van der Waals surface area contributed by atoms with E-state index in [1.165, 1.54) is 24.5 Å². The smallest absolute Gasteiger partial charge is 0.330 e. The molecule has 0 aliphatic heterocycles. The molecule has 0 fully saturated rings. The highest BCUT2D eigenvalue weighted by atomic mass is 16.5. The minimum absolute atomic E-state index is 0.234. The van der Waals surface area contributed by atoms with Gasteiger partial charge in [-0.3, -0.25) is 0 Å². The van der Waals surface area contributed by atoms with Crippen LogP contribution in [0.4, 0.5) is 0 Å². The van der Waals surface area contributed by atoms with Gasteiger partial charge in [-0.1, -0.05) is 42.8 Å². The van der Waals surface area contributed by atoms with E-state index in [0.29, 0.717) is 6.61 Å². The Bertz CT molecular complexity index is 355. The van der Waals surface area contributed by atoms with E-state index >= 15 is 0 Å². The summed E-state index contributed by atoms with van der Waals surface area (Å²) < 4.78 is 4.80. The maximum absolute atomic E-state index is 11.0. The highest BCUT2D eigenvalue weighted by Gasteiger charge is 1.94. The van der Waals surface area contributed by atoms with E-state index in [0.717, 1.165) is 19.3 Å². The van der Waals surface area contributed by atoms with Gasteiger partial charge in [0.05, 0.1) is 6.61 Å². The standard InChI is InChI=1S/C16H22O2/c1-2-18-16(17)14-10-5-3-4-7-11-15-12-8-6-9-13-15/h6,8-10,12-14H,2-5,7,11H2,1H3/b14-10+. The Labute approximate surface area is 110 Å². The molecule has 18 heavy (non-hydrogen) atoms. The second kappa shape index (κ2) is 9.46. The van der Waals surface area contributed by atoms with E-state index in [2.05, 4.69) is 24.3 Å². The van der Waals surface area contributed by atoms with Crippen LogP contribution in [0.2, 0.25) is 0 Å². The molecule has 0 aliphatic rings. The van der Waals surface area contributed by atoms with Gasteiger partial charge in [0.15, 0.2) is 0 Å². The van der Waals surface area contributed by atoms with Gasteiger partial charge in [0.2, 0.25) is 0 Å². The molecule has 0 spiro atoms. The van der Waals surface area contributed by atoms with Crippen molar-refractivity contribution in [1.29, 1.82) is 0 Å². The van der Waals surface area contributed by atoms with Crippen LogP contribution in [0.5, 0.6) is 0 Å². The molecule has 0 saturated carbocycles. The number of carbonyl (C=O) groups is 1. The summed E-state index contributed by atoms with van der Waals surface area (Å²) in [6.45, 7) is 2.26. The van der Waals surface area contributed by atoms with Crippen LogP contribution in [0.25, 0.3) is 0 Å². The number of hydrogen-bond acceptors (Lipinski definition) is 2. The van der Waals surface area contributed by atoms with E-state index < -0.39 is 0 Å². The largest absolute Gasteiger partial charge is 0.463 e. The Balaban J connectivity index is 2.01. The molecule has 0 heterocycles. The summed E-state index contributed by atoms with van der Waals surface area (Å²) in [4.78, 5) is 11.0. The van der Waals surface area contributed by atoms with Crippen LogP contribution in [0, 0.1) is 0 Å². The Hall–Kier alpha value is -1.57. The first-order valence-electron chi connectivity index (χ1n) is 6.70. The SMILES string of the molecule is CCOC(=O)/C=C/CCCCCc1ccccc1. The maximum atomic E-state index is 11.0. The molecule has 2 nitrogen and oxygen atoms in total. The summed E-state index contributed by atoms with van der Waals surface area (Å²) >= 11 is 0. The number of aryl methyl sites for hydroxylation is 1. The summed E-state index contributed by atoms with van der Waals surface area (Å²) in [6.07, 6.45) is 9.05. The molecule has 0 unspecified atom stereocenters. The number of allylic oxidation sites excluding steroid dienone is 1. The molecule has 0 saturated heterocycles. The van der Waals surface area contributed by atoms with Gasteiger partial charge in [0.25, 0.3) is 0 Å². The minimum atomic E-state index is -0.234. The van der Waals surface area contributed by atoms with Crippen LogP contribution in [0.1, 0.15) is 38.2 Å². The first-order valence-corrected chi connectivity index (χ1v) is 6.70. The number of hydrogen-bond donors (Lipinski definition) is 0. The normalized spacial score (nSPS) is 10.7. The molecular formula is C16H22O2. The van der Waals surface area contributed by atoms with E-state index in [1.54, 1.807) is 0 Å². The quantitative estimate of drug-likeness (QED) is 0.395. The van der Waals surface area contributed by atoms with Crippen LogP contribution in [-0.2, 0) is 16.0 Å². The fourth-order valence-corrected chi connectivity index (χ4v) is 1.78. The van der Waals surface area contributed by atoms with Crippen molar-refractivity contribution in [3.05, 3.63) is 48.0 Å². The van der Waals surface area contributed by atoms with E-state index in [-0.39, 0.29) is 5.97 Å². The molecule has 0 radical (unpaired) electrons. The zero-order valence-electron chi connectivity index (χ0n) is 11.1. The van der Waals surface area contributed by atoms with Gasteiger partial charge >= 0.3 is 5.97 Å². The first-order chi connectivity index (χ1) is 8.83. The van der Waals surface area contributed by atoms with Crippen molar-refractivity contribution in [3.63, 3.8) is 0 Å². The highest BCUT2D eigenvalue weighted by molar-refractivity contribution is 5.81. The van der Waals surface area contributed by atoms with Gasteiger partial charge in [0.1, 0.15) is 0 Å². The third-order valence-electron chi connectivity index (χ3n) is 2.72. The average Bonchev–Trinajstić information content (AvgIpc) is 2.39. The molecule has 1 aromatic rings. The third kappa shape index (κ3) is 6.89. The fourth-order valence-electron chi connectivity index (χ4n) is 1.78. The number of rotatable bonds is 8. The van der Waals surface area contributed by atoms with Crippen LogP contribution >= 0.6 is 0 Å². The Morgan fingerprint density at radius 3 is 2.67 bits per heavy atom. The second-order valence-electron chi connectivity index (χ2n) is 4.24. The Morgan fingerprint density at radius 1 is 1.17 bits per heavy atom. The number of unbranched alkanes of at least 4 members (excludes halogenated alkanes) is 3. The lowest BCUT2D eigenvalue weighted by atomic mass is 10.1. The summed E-state index contributed by atoms with van der Waals surface area (Å²) in [6, 6.07) is 10.5. The average molecular weight is 246 g/mol. The predicted molar refractivity (Wildman–Crippen MR) is 74.4 cm³/mol. The lowest BCUT2D eigenvalue weighted by Crippen LogP contribution is -1.98. The number of esters is 1. The van der Waals surface area contributed by atoms with Gasteiger partial charge in [-0.05, 0) is 38.2 Å². The maximum Gasteiger partial charge on any atom is 0.330 e. The third-order valence-corrected chi connectivity index (χ3v) is 2.72. The van der Waals surface area contributed by atoms with Gasteiger partial charge in [-0.15, -0.1) is 0 Å². The van der Waals surface area contributed by atoms with Crippen molar-refractivity contribution in [3.8, 4) is 0 Å². The molecule has 0 aliphatic carbocycles. The van der Waals surface area contributed by atoms with Crippen LogP contribution in [0.15, 0.2) is 42.5 Å². The van der Waals surface area contributed by atoms with E-state index in [1.807, 2.05) is 19.1 Å². The van der Waals surface area contributed by atoms with Crippen molar-refractivity contribution in [2.45, 2.75) is 39.0 Å². The van der Waals surface area contributed by atoms with Crippen molar-refractivity contribution in [2.75, 3.05) is 6.61 Å². The Morgan fingerprint density at radius 2 is 1.94 bits per heavy atom. The number of carbonyl (C=O) groups excluding carboxylic acids is 1. The molecule has 98 valence electrons. The monoisotopic (exact) mass is 246 g/mol. The molecule has 0 N–H and O–H groups in total. The van der Waals surface area contributed by atoms with Crippen LogP contribution in [-0.4, -0.2) is 12.6 Å². The molecule has 1 aromatic carbocycles. The molecular weight excluding hydrogens is 224 g/mol. The van der Waals surface area contributed by atoms with Gasteiger partial charge < -0.3 is 4.74 Å². The predicted octanol–water partition coefficient (Wildman–Crippen LogP) is 3.91. The summed E-state index contributed by atoms with van der Waals surface area (Å²) in [5.41, 5.74) is 1.40. The Kier molecular flexibility index (Phi) is 7.61. The first kappa shape index (κ1) is 14.5. The number of ether oxygens (including phenoxy) is 1. The molecule has 0 atom stereocenters. The van der Waals surface area contributed by atoms with E-state index in [9.17, 15) is 4.79 Å². The van der Waals surface area contributed by atoms with Crippen molar-refractivity contribution in [1.82, 2.24) is 0 Å². The van der Waals surface area contributed by atoms with Gasteiger partial charge in [-0.2, -0.15) is 0 Å². The van der Waals surface area contributed by atoms with Crippen LogP contribution in [0.3, 0.4) is 0 Å². The number of benzene rings is 1. The molecule has 1 rings (SSSR count). The summed E-state index contributed by atoms with van der Waals surface area (Å²) in [5, 5.41) is 0. The second-order valence-corrected chi connectivity index (χ2v) is 4.24. The van der Waals surface area contributed by atoms with Gasteiger partial charge in [-0.25, -0.2) is 4.79 Å². The zero-order chi connectivity index (χ0) is 13.1. The molecule has 0 bridgehead atoms. The summed E-state index contributed by atoms with van der Waals surface area (Å²) in [7, 11) is 0. The molecule has 0 aromatic heterocycles. The van der Waals surface area contributed by atoms with Crippen LogP contribution < -0.4 is 0 Å². The lowest BCUT2D eigenvalue weighted by molar-refractivity contribution is -0.137. The van der Waals surface area contributed by atoms with Gasteiger partial charge in [0, 0.05) is 6.08 Å². The zero-order valence-corrected chi connectivity index (χ0v) is 11.1. The van der Waals surface area contributed by atoms with Crippen molar-refractivity contribution < 1.29 is 9.53 Å². The topological polar surface area (TPSA) is 26.3 Å². The van der Waals surface area contributed by atoms with Crippen molar-refractivity contribution in [2.24, 2.45) is 0 Å². The van der Waals surface area contributed by atoms with E-state index in [4.69, 9.17) is 4.74 Å². The fraction of sp³-hybridized carbons (Fsp3) is 0.438. The highest BCUT2D eigenvalue weighted by Crippen LogP contribution is 2.07. The summed E-state index contributed by atoms with van der Waals surface area (Å²) in [5.74, 6) is -0.234. The molecule has 0 amide bonds. The minimum Gasteiger partial charge on any atom is -0.463 e. The lowest BCUT2D eigenvalue weighted by Gasteiger charge is -2.00. The molecule has 2 heteroatoms. The van der Waals surface area contributed by atoms with Crippen molar-refractivity contribution >= 4 is 5.97 Å².